The van der Waals surface area contributed by atoms with Crippen molar-refractivity contribution in [3.05, 3.63) is 10.5 Å². The SMILES string of the molecule is CN(C(=O)n1c(=O)nc(N2CCOCC2)n1C)[Si](C)(C)C. The Morgan fingerprint density at radius 1 is 1.29 bits per heavy atom. The number of aromatic nitrogens is 3. The fraction of sp³-hybridized carbons (Fsp3) is 0.750. The molecule has 2 heterocycles. The smallest absolute Gasteiger partial charge is 0.374 e. The first-order chi connectivity index (χ1) is 9.73. The number of carbonyl (C=O) groups excluding carboxylic acids is 1. The summed E-state index contributed by atoms with van der Waals surface area (Å²) in [5.41, 5.74) is -0.533. The van der Waals surface area contributed by atoms with E-state index in [1.807, 2.05) is 4.90 Å². The quantitative estimate of drug-likeness (QED) is 0.727. The van der Waals surface area contributed by atoms with Gasteiger partial charge in [-0.25, -0.2) is 14.3 Å². The highest BCUT2D eigenvalue weighted by Crippen LogP contribution is 2.12. The summed E-state index contributed by atoms with van der Waals surface area (Å²) in [6, 6.07) is -0.325. The van der Waals surface area contributed by atoms with E-state index in [4.69, 9.17) is 4.74 Å². The third-order valence-corrected chi connectivity index (χ3v) is 5.94. The molecule has 118 valence electrons. The van der Waals surface area contributed by atoms with Crippen molar-refractivity contribution >= 4 is 20.2 Å². The predicted molar refractivity (Wildman–Crippen MR) is 82.4 cm³/mol. The lowest BCUT2D eigenvalue weighted by atomic mass is 10.4. The number of hydrogen-bond donors (Lipinski definition) is 0. The molecular weight excluding hydrogens is 290 g/mol. The average Bonchev–Trinajstić information content (AvgIpc) is 2.72. The molecule has 1 aromatic rings. The van der Waals surface area contributed by atoms with Crippen molar-refractivity contribution in [2.75, 3.05) is 38.3 Å². The molecule has 1 amide bonds. The van der Waals surface area contributed by atoms with E-state index < -0.39 is 13.9 Å². The van der Waals surface area contributed by atoms with Crippen LogP contribution < -0.4 is 10.6 Å². The van der Waals surface area contributed by atoms with Crippen LogP contribution in [0, 0.1) is 0 Å². The number of rotatable bonds is 2. The maximum Gasteiger partial charge on any atom is 0.374 e. The number of ether oxygens (including phenoxy) is 1. The molecule has 1 fully saturated rings. The van der Waals surface area contributed by atoms with Gasteiger partial charge in [-0.05, 0) is 0 Å². The van der Waals surface area contributed by atoms with E-state index in [0.29, 0.717) is 32.3 Å². The van der Waals surface area contributed by atoms with E-state index in [9.17, 15) is 9.59 Å². The summed E-state index contributed by atoms with van der Waals surface area (Å²) in [6.45, 7) is 8.69. The second kappa shape index (κ2) is 5.64. The number of anilines is 1. The minimum Gasteiger partial charge on any atom is -0.378 e. The van der Waals surface area contributed by atoms with Gasteiger partial charge in [0.25, 0.3) is 0 Å². The van der Waals surface area contributed by atoms with E-state index in [-0.39, 0.29) is 6.03 Å². The van der Waals surface area contributed by atoms with Crippen LogP contribution in [0.5, 0.6) is 0 Å². The lowest BCUT2D eigenvalue weighted by molar-refractivity contribution is 0.121. The van der Waals surface area contributed by atoms with E-state index in [1.54, 1.807) is 18.7 Å². The fourth-order valence-electron chi connectivity index (χ4n) is 2.10. The van der Waals surface area contributed by atoms with Crippen molar-refractivity contribution in [2.45, 2.75) is 19.6 Å². The van der Waals surface area contributed by atoms with E-state index in [2.05, 4.69) is 24.6 Å². The highest BCUT2D eigenvalue weighted by Gasteiger charge is 2.30. The summed E-state index contributed by atoms with van der Waals surface area (Å²) in [6.07, 6.45) is 0. The van der Waals surface area contributed by atoms with Crippen molar-refractivity contribution in [3.63, 3.8) is 0 Å². The Labute approximate surface area is 125 Å². The van der Waals surface area contributed by atoms with Gasteiger partial charge in [-0.3, -0.25) is 0 Å². The minimum atomic E-state index is -1.83. The molecule has 1 aliphatic heterocycles. The normalized spacial score (nSPS) is 16.1. The van der Waals surface area contributed by atoms with Gasteiger partial charge in [-0.2, -0.15) is 4.98 Å². The van der Waals surface area contributed by atoms with Crippen LogP contribution in [0.2, 0.25) is 19.6 Å². The molecule has 0 aromatic carbocycles. The van der Waals surface area contributed by atoms with Gasteiger partial charge in [0.15, 0.2) is 8.24 Å². The highest BCUT2D eigenvalue weighted by molar-refractivity contribution is 6.75. The fourth-order valence-corrected chi connectivity index (χ4v) is 2.77. The van der Waals surface area contributed by atoms with Gasteiger partial charge < -0.3 is 14.2 Å². The van der Waals surface area contributed by atoms with Crippen molar-refractivity contribution in [1.29, 1.82) is 0 Å². The summed E-state index contributed by atoms with van der Waals surface area (Å²) in [5.74, 6) is 0.514. The van der Waals surface area contributed by atoms with Gasteiger partial charge in [0.1, 0.15) is 0 Å². The van der Waals surface area contributed by atoms with Gasteiger partial charge >= 0.3 is 11.7 Å². The Kier molecular flexibility index (Phi) is 4.24. The Bertz CT molecular complexity index is 583. The van der Waals surface area contributed by atoms with Crippen LogP contribution in [0.3, 0.4) is 0 Å². The first kappa shape index (κ1) is 15.8. The summed E-state index contributed by atoms with van der Waals surface area (Å²) in [4.78, 5) is 30.7. The van der Waals surface area contributed by atoms with Crippen LogP contribution in [0.4, 0.5) is 10.7 Å². The van der Waals surface area contributed by atoms with Crippen LogP contribution in [0.1, 0.15) is 0 Å². The second-order valence-electron chi connectivity index (χ2n) is 6.14. The first-order valence-corrected chi connectivity index (χ1v) is 10.4. The van der Waals surface area contributed by atoms with Gasteiger partial charge in [-0.1, -0.05) is 19.6 Å². The molecular formula is C12H23N5O3Si. The maximum atomic E-state index is 12.5. The van der Waals surface area contributed by atoms with E-state index >= 15 is 0 Å². The summed E-state index contributed by atoms with van der Waals surface area (Å²) in [7, 11) is 1.59. The highest BCUT2D eigenvalue weighted by atomic mass is 28.3. The zero-order valence-electron chi connectivity index (χ0n) is 13.3. The Balaban J connectivity index is 2.35. The summed E-state index contributed by atoms with van der Waals surface area (Å²) >= 11 is 0. The molecule has 9 heteroatoms. The Morgan fingerprint density at radius 2 is 1.86 bits per heavy atom. The van der Waals surface area contributed by atoms with Crippen molar-refractivity contribution < 1.29 is 9.53 Å². The predicted octanol–water partition coefficient (Wildman–Crippen LogP) is 0.153. The number of hydrogen-bond acceptors (Lipinski definition) is 5. The molecule has 0 aliphatic carbocycles. The summed E-state index contributed by atoms with van der Waals surface area (Å²) < 4.78 is 9.60. The third kappa shape index (κ3) is 3.03. The number of morpholine rings is 1. The van der Waals surface area contributed by atoms with Crippen LogP contribution in [0.15, 0.2) is 4.79 Å². The van der Waals surface area contributed by atoms with Crippen LogP contribution >= 0.6 is 0 Å². The van der Waals surface area contributed by atoms with Crippen LogP contribution in [0.25, 0.3) is 0 Å². The molecule has 1 saturated heterocycles. The average molecular weight is 313 g/mol. The number of amides is 1. The standard InChI is InChI=1S/C12H23N5O3Si/c1-14-10(16-6-8-20-9-7-16)13-11(18)17(14)12(19)15(2)21(3,4)5/h6-9H2,1-5H3. The largest absolute Gasteiger partial charge is 0.378 e. The zero-order chi connectivity index (χ0) is 15.8. The molecule has 0 bridgehead atoms. The molecule has 21 heavy (non-hydrogen) atoms. The topological polar surface area (TPSA) is 72.6 Å². The zero-order valence-corrected chi connectivity index (χ0v) is 14.3. The van der Waals surface area contributed by atoms with E-state index in [1.165, 1.54) is 4.68 Å². The first-order valence-electron chi connectivity index (χ1n) is 7.00. The maximum absolute atomic E-state index is 12.5. The minimum absolute atomic E-state index is 0.325. The monoisotopic (exact) mass is 313 g/mol. The van der Waals surface area contributed by atoms with Crippen LogP contribution in [-0.2, 0) is 11.8 Å². The molecule has 0 saturated carbocycles. The molecule has 1 aromatic heterocycles. The Morgan fingerprint density at radius 3 is 2.38 bits per heavy atom. The molecule has 2 rings (SSSR count). The van der Waals surface area contributed by atoms with Gasteiger partial charge in [-0.15, -0.1) is 4.68 Å². The van der Waals surface area contributed by atoms with Gasteiger partial charge in [0, 0.05) is 27.2 Å². The third-order valence-electron chi connectivity index (χ3n) is 3.73. The molecule has 0 atom stereocenters. The molecule has 1 aliphatic rings. The molecule has 8 nitrogen and oxygen atoms in total. The lowest BCUT2D eigenvalue weighted by Crippen LogP contribution is -2.51. The van der Waals surface area contributed by atoms with Crippen molar-refractivity contribution in [2.24, 2.45) is 7.05 Å². The number of nitrogens with zero attached hydrogens (tertiary/aromatic N) is 5. The van der Waals surface area contributed by atoms with Crippen LogP contribution in [-0.4, -0.2) is 66.5 Å². The van der Waals surface area contributed by atoms with Gasteiger partial charge in [0.05, 0.1) is 13.2 Å². The Hall–Kier alpha value is -1.61. The van der Waals surface area contributed by atoms with Crippen molar-refractivity contribution in [1.82, 2.24) is 18.9 Å². The molecule has 0 radical (unpaired) electrons. The molecule has 0 N–H and O–H groups in total. The molecule has 0 unspecified atom stereocenters. The summed E-state index contributed by atoms with van der Waals surface area (Å²) in [5, 5.41) is 0. The number of carbonyl (C=O) groups is 1. The lowest BCUT2D eigenvalue weighted by Gasteiger charge is -2.30. The second-order valence-corrected chi connectivity index (χ2v) is 11.2. The molecule has 0 spiro atoms. The van der Waals surface area contributed by atoms with Crippen molar-refractivity contribution in [3.8, 4) is 0 Å². The van der Waals surface area contributed by atoms with Gasteiger partial charge in [0.2, 0.25) is 5.95 Å². The van der Waals surface area contributed by atoms with E-state index in [0.717, 1.165) is 4.68 Å².